The molecule has 0 N–H and O–H groups in total. The van der Waals surface area contributed by atoms with Gasteiger partial charge in [0, 0.05) is 0 Å². The van der Waals surface area contributed by atoms with Crippen LogP contribution in [0.2, 0.25) is 38.3 Å². The van der Waals surface area contributed by atoms with Crippen LogP contribution in [0.4, 0.5) is 0 Å². The molecule has 78 valence electrons. The van der Waals surface area contributed by atoms with Gasteiger partial charge in [0.25, 0.3) is 0 Å². The van der Waals surface area contributed by atoms with Gasteiger partial charge in [0.2, 0.25) is 0 Å². The zero-order valence-corrected chi connectivity index (χ0v) is 15.8. The predicted molar refractivity (Wildman–Crippen MR) is 65.4 cm³/mol. The van der Waals surface area contributed by atoms with E-state index in [-0.39, 0.29) is 51.4 Å². The number of hydrogen-bond acceptors (Lipinski definition) is 1. The van der Waals surface area contributed by atoms with Gasteiger partial charge in [-0.3, -0.25) is 0 Å². The molecule has 0 atom stereocenters. The van der Waals surface area contributed by atoms with Crippen molar-refractivity contribution in [1.29, 1.82) is 0 Å². The van der Waals surface area contributed by atoms with Crippen molar-refractivity contribution in [3.63, 3.8) is 0 Å². The van der Waals surface area contributed by atoms with Crippen LogP contribution in [0.1, 0.15) is 0 Å². The minimum Gasteiger partial charge on any atom is -0.664 e. The fraction of sp³-hybridized carbons (Fsp3) is 1.00. The first-order chi connectivity index (χ1) is 5.90. The molecule has 0 aliphatic carbocycles. The third-order valence-electron chi connectivity index (χ3n) is 3.36. The maximum absolute atomic E-state index is 4.23. The van der Waals surface area contributed by atoms with E-state index in [1.54, 1.807) is 0 Å². The largest absolute Gasteiger partial charge is 1.00 e. The predicted octanol–water partition coefficient (Wildman–Crippen LogP) is -0.280. The minimum atomic E-state index is -1.01. The molecular formula is C9H23KN2Si2. The Hall–Kier alpha value is 1.99. The van der Waals surface area contributed by atoms with Crippen LogP contribution in [0, 0.1) is 0 Å². The van der Waals surface area contributed by atoms with Gasteiger partial charge >= 0.3 is 51.4 Å². The van der Waals surface area contributed by atoms with Gasteiger partial charge in [-0.1, -0.05) is 26.2 Å². The number of nitrogens with zero attached hydrogens (tertiary/aromatic N) is 2. The van der Waals surface area contributed by atoms with Crippen LogP contribution < -0.4 is 51.4 Å². The average Bonchev–Trinajstić information content (AvgIpc) is 2.20. The third-order valence-corrected chi connectivity index (χ3v) is 13.8. The van der Waals surface area contributed by atoms with Gasteiger partial charge in [0.15, 0.2) is 0 Å². The van der Waals surface area contributed by atoms with Crippen molar-refractivity contribution in [2.45, 2.75) is 38.3 Å². The summed E-state index contributed by atoms with van der Waals surface area (Å²) in [6.07, 6.45) is 0. The smallest absolute Gasteiger partial charge is 0.664 e. The van der Waals surface area contributed by atoms with E-state index in [1.807, 2.05) is 7.05 Å². The third kappa shape index (κ3) is 3.78. The maximum Gasteiger partial charge on any atom is 1.00 e. The van der Waals surface area contributed by atoms with Gasteiger partial charge < -0.3 is 9.55 Å². The van der Waals surface area contributed by atoms with Gasteiger partial charge in [-0.2, -0.15) is 7.05 Å². The second-order valence-corrected chi connectivity index (χ2v) is 15.1. The van der Waals surface area contributed by atoms with Crippen LogP contribution in [-0.2, 0) is 0 Å². The van der Waals surface area contributed by atoms with Gasteiger partial charge in [-0.15, -0.1) is 6.54 Å². The zero-order chi connectivity index (χ0) is 10.1. The molecule has 0 saturated carbocycles. The SMILES string of the molecule is C[N-]CCN1[Si](C)(C)CC[Si]1(C)C.[K+]. The fourth-order valence-corrected chi connectivity index (χ4v) is 16.6. The van der Waals surface area contributed by atoms with Crippen LogP contribution >= 0.6 is 0 Å². The van der Waals surface area contributed by atoms with Crippen molar-refractivity contribution >= 4 is 16.5 Å². The Kier molecular flexibility index (Phi) is 6.93. The first-order valence-corrected chi connectivity index (χ1v) is 11.5. The molecule has 14 heavy (non-hydrogen) atoms. The van der Waals surface area contributed by atoms with E-state index in [0.29, 0.717) is 0 Å². The average molecular weight is 255 g/mol. The topological polar surface area (TPSA) is 17.3 Å². The molecule has 0 bridgehead atoms. The molecule has 1 saturated heterocycles. The molecule has 0 aromatic carbocycles. The van der Waals surface area contributed by atoms with Gasteiger partial charge in [-0.05, 0) is 18.6 Å². The van der Waals surface area contributed by atoms with E-state index >= 15 is 0 Å². The maximum atomic E-state index is 4.23. The molecule has 1 aliphatic heterocycles. The first kappa shape index (κ1) is 16.0. The molecule has 0 amide bonds. The summed E-state index contributed by atoms with van der Waals surface area (Å²) in [4.78, 5) is 0. The number of likely N-dealkylation sites (N-methyl/N-ethyl adjacent to an activating group) is 1. The molecule has 0 spiro atoms. The second-order valence-electron chi connectivity index (χ2n) is 5.32. The molecule has 1 rings (SSSR count). The first-order valence-electron chi connectivity index (χ1n) is 5.23. The van der Waals surface area contributed by atoms with Crippen molar-refractivity contribution in [3.8, 4) is 0 Å². The molecule has 1 heterocycles. The Morgan fingerprint density at radius 2 is 1.50 bits per heavy atom. The normalized spacial score (nSPS) is 24.6. The molecule has 2 nitrogen and oxygen atoms in total. The molecule has 1 fully saturated rings. The Bertz CT molecular complexity index is 170. The minimum absolute atomic E-state index is 0. The monoisotopic (exact) mass is 254 g/mol. The summed E-state index contributed by atoms with van der Waals surface area (Å²) >= 11 is 0. The van der Waals surface area contributed by atoms with Crippen LogP contribution in [0.15, 0.2) is 0 Å². The zero-order valence-electron chi connectivity index (χ0n) is 10.7. The van der Waals surface area contributed by atoms with Crippen LogP contribution in [0.3, 0.4) is 0 Å². The molecule has 0 radical (unpaired) electrons. The second kappa shape index (κ2) is 6.07. The Balaban J connectivity index is 0.00000169. The summed E-state index contributed by atoms with van der Waals surface area (Å²) in [5.74, 6) is 0. The van der Waals surface area contributed by atoms with Crippen LogP contribution in [0.25, 0.3) is 5.32 Å². The summed E-state index contributed by atoms with van der Waals surface area (Å²) in [5, 5.41) is 4.23. The van der Waals surface area contributed by atoms with Crippen LogP contribution in [-0.4, -0.2) is 40.8 Å². The Morgan fingerprint density at radius 3 is 1.86 bits per heavy atom. The van der Waals surface area contributed by atoms with E-state index < -0.39 is 16.5 Å². The molecule has 5 heteroatoms. The van der Waals surface area contributed by atoms with E-state index in [4.69, 9.17) is 0 Å². The quantitative estimate of drug-likeness (QED) is 0.634. The molecule has 0 aromatic rings. The van der Waals surface area contributed by atoms with E-state index in [1.165, 1.54) is 18.6 Å². The summed E-state index contributed by atoms with van der Waals surface area (Å²) in [7, 11) is -0.0846. The number of hydrogen-bond donors (Lipinski definition) is 0. The molecule has 0 unspecified atom stereocenters. The number of rotatable bonds is 3. The van der Waals surface area contributed by atoms with Crippen molar-refractivity contribution < 1.29 is 51.4 Å². The molecule has 1 aliphatic rings. The summed E-state index contributed by atoms with van der Waals surface area (Å²) in [6, 6.07) is 3.02. The summed E-state index contributed by atoms with van der Waals surface area (Å²) in [6.45, 7) is 12.3. The van der Waals surface area contributed by atoms with Gasteiger partial charge in [-0.25, -0.2) is 0 Å². The van der Waals surface area contributed by atoms with Crippen molar-refractivity contribution in [3.05, 3.63) is 5.32 Å². The molecule has 0 aromatic heterocycles. The molecular weight excluding hydrogens is 231 g/mol. The van der Waals surface area contributed by atoms with E-state index in [2.05, 4.69) is 35.7 Å². The van der Waals surface area contributed by atoms with Crippen LogP contribution in [0.5, 0.6) is 0 Å². The van der Waals surface area contributed by atoms with Crippen molar-refractivity contribution in [2.75, 3.05) is 20.1 Å². The standard InChI is InChI=1S/C9H23N2Si2.K/c1-10-6-7-11-12(2,3)8-9-13(11,4)5;/h6-9H2,1-5H3;/q-1;+1. The van der Waals surface area contributed by atoms with Gasteiger partial charge in [0.1, 0.15) is 16.5 Å². The van der Waals surface area contributed by atoms with E-state index in [9.17, 15) is 0 Å². The fourth-order valence-electron chi connectivity index (χ4n) is 2.51. The van der Waals surface area contributed by atoms with Crippen molar-refractivity contribution in [2.24, 2.45) is 0 Å². The van der Waals surface area contributed by atoms with Crippen molar-refractivity contribution in [1.82, 2.24) is 4.23 Å². The van der Waals surface area contributed by atoms with E-state index in [0.717, 1.165) is 6.54 Å². The van der Waals surface area contributed by atoms with Gasteiger partial charge in [0.05, 0.1) is 0 Å². The summed E-state index contributed by atoms with van der Waals surface area (Å²) < 4.78 is 2.88. The Morgan fingerprint density at radius 1 is 1.07 bits per heavy atom. The summed E-state index contributed by atoms with van der Waals surface area (Å²) in [5.41, 5.74) is 0. The Labute approximate surface area is 134 Å².